The van der Waals surface area contributed by atoms with Gasteiger partial charge in [-0.15, -0.1) is 0 Å². The summed E-state index contributed by atoms with van der Waals surface area (Å²) in [6.07, 6.45) is 5.76. The van der Waals surface area contributed by atoms with Crippen molar-refractivity contribution in [2.24, 2.45) is 0 Å². The molecule has 3 aromatic rings. The van der Waals surface area contributed by atoms with E-state index in [-0.39, 0.29) is 11.8 Å². The van der Waals surface area contributed by atoms with Crippen LogP contribution in [-0.4, -0.2) is 34.3 Å². The van der Waals surface area contributed by atoms with E-state index in [0.717, 1.165) is 23.5 Å². The predicted molar refractivity (Wildman–Crippen MR) is 85.0 cm³/mol. The summed E-state index contributed by atoms with van der Waals surface area (Å²) in [7, 11) is 3.32. The standard InChI is InChI=1S/C17H16N4O3/c1-22-10-3-4-15(23-2)12(7-10)11-8-13(11)17-20-16(21-24-17)14-9-18-5-6-19-14/h3-7,9,11,13H,8H2,1-2H3. The van der Waals surface area contributed by atoms with Crippen molar-refractivity contribution in [3.8, 4) is 23.0 Å². The molecule has 7 nitrogen and oxygen atoms in total. The molecule has 0 amide bonds. The maximum absolute atomic E-state index is 5.46. The molecule has 122 valence electrons. The lowest BCUT2D eigenvalue weighted by molar-refractivity contribution is 0.376. The van der Waals surface area contributed by atoms with E-state index < -0.39 is 0 Å². The first-order chi connectivity index (χ1) is 11.8. The molecule has 0 bridgehead atoms. The minimum atomic E-state index is 0.184. The van der Waals surface area contributed by atoms with Gasteiger partial charge in [0.1, 0.15) is 17.2 Å². The lowest BCUT2D eigenvalue weighted by Crippen LogP contribution is -1.93. The van der Waals surface area contributed by atoms with Gasteiger partial charge in [0.05, 0.1) is 20.4 Å². The highest BCUT2D eigenvalue weighted by atomic mass is 16.5. The Bertz CT molecular complexity index is 850. The zero-order chi connectivity index (χ0) is 16.5. The fourth-order valence-corrected chi connectivity index (χ4v) is 2.85. The van der Waals surface area contributed by atoms with E-state index in [1.807, 2.05) is 18.2 Å². The third kappa shape index (κ3) is 2.58. The summed E-state index contributed by atoms with van der Waals surface area (Å²) in [4.78, 5) is 12.7. The Morgan fingerprint density at radius 3 is 2.79 bits per heavy atom. The average Bonchev–Trinajstić information content (AvgIpc) is 3.29. The van der Waals surface area contributed by atoms with Crippen LogP contribution in [0.2, 0.25) is 0 Å². The summed E-state index contributed by atoms with van der Waals surface area (Å²) in [5.74, 6) is 3.19. The van der Waals surface area contributed by atoms with Gasteiger partial charge in [-0.1, -0.05) is 5.16 Å². The Morgan fingerprint density at radius 1 is 1.12 bits per heavy atom. The lowest BCUT2D eigenvalue weighted by Gasteiger charge is -2.09. The number of ether oxygens (including phenoxy) is 2. The topological polar surface area (TPSA) is 83.2 Å². The number of hydrogen-bond acceptors (Lipinski definition) is 7. The highest BCUT2D eigenvalue weighted by Gasteiger charge is 2.45. The van der Waals surface area contributed by atoms with Crippen LogP contribution in [0, 0.1) is 0 Å². The lowest BCUT2D eigenvalue weighted by atomic mass is 10.1. The normalized spacial score (nSPS) is 19.1. The second-order valence-electron chi connectivity index (χ2n) is 5.60. The Kier molecular flexibility index (Phi) is 3.60. The number of hydrogen-bond donors (Lipinski definition) is 0. The van der Waals surface area contributed by atoms with Gasteiger partial charge >= 0.3 is 0 Å². The van der Waals surface area contributed by atoms with Gasteiger partial charge in [0.25, 0.3) is 0 Å². The Labute approximate surface area is 138 Å². The van der Waals surface area contributed by atoms with E-state index in [1.54, 1.807) is 32.8 Å². The van der Waals surface area contributed by atoms with E-state index in [0.29, 0.717) is 17.4 Å². The zero-order valence-electron chi connectivity index (χ0n) is 13.3. The van der Waals surface area contributed by atoms with E-state index in [1.165, 1.54) is 0 Å². The molecule has 2 atom stereocenters. The molecule has 0 spiro atoms. The van der Waals surface area contributed by atoms with Gasteiger partial charge in [0.2, 0.25) is 11.7 Å². The molecule has 0 saturated heterocycles. The SMILES string of the molecule is COc1ccc(OC)c(C2CC2c2nc(-c3cnccn3)no2)c1. The summed E-state index contributed by atoms with van der Waals surface area (Å²) < 4.78 is 16.2. The fraction of sp³-hybridized carbons (Fsp3) is 0.294. The second kappa shape index (κ2) is 5.92. The maximum Gasteiger partial charge on any atom is 0.230 e. The summed E-state index contributed by atoms with van der Waals surface area (Å²) in [6, 6.07) is 5.81. The first-order valence-electron chi connectivity index (χ1n) is 7.62. The molecule has 1 fully saturated rings. The first-order valence-corrected chi connectivity index (χ1v) is 7.62. The van der Waals surface area contributed by atoms with Crippen LogP contribution >= 0.6 is 0 Å². The molecule has 24 heavy (non-hydrogen) atoms. The van der Waals surface area contributed by atoms with Crippen LogP contribution < -0.4 is 9.47 Å². The number of aromatic nitrogens is 4. The fourth-order valence-electron chi connectivity index (χ4n) is 2.85. The number of nitrogens with zero attached hydrogens (tertiary/aromatic N) is 4. The number of benzene rings is 1. The summed E-state index contributed by atoms with van der Waals surface area (Å²) in [5, 5.41) is 4.01. The van der Waals surface area contributed by atoms with E-state index >= 15 is 0 Å². The first kappa shape index (κ1) is 14.6. The minimum absolute atomic E-state index is 0.184. The summed E-state index contributed by atoms with van der Waals surface area (Å²) >= 11 is 0. The van der Waals surface area contributed by atoms with Gasteiger partial charge in [0, 0.05) is 29.8 Å². The molecule has 0 N–H and O–H groups in total. The highest BCUT2D eigenvalue weighted by Crippen LogP contribution is 2.56. The molecular formula is C17H16N4O3. The molecule has 1 aliphatic carbocycles. The van der Waals surface area contributed by atoms with Crippen molar-refractivity contribution in [1.82, 2.24) is 20.1 Å². The second-order valence-corrected chi connectivity index (χ2v) is 5.60. The van der Waals surface area contributed by atoms with Gasteiger partial charge in [-0.05, 0) is 24.6 Å². The molecule has 2 unspecified atom stereocenters. The smallest absolute Gasteiger partial charge is 0.230 e. The van der Waals surface area contributed by atoms with Gasteiger partial charge in [-0.25, -0.2) is 4.98 Å². The van der Waals surface area contributed by atoms with Crippen LogP contribution in [0.4, 0.5) is 0 Å². The Morgan fingerprint density at radius 2 is 2.04 bits per heavy atom. The predicted octanol–water partition coefficient (Wildman–Crippen LogP) is 2.81. The van der Waals surface area contributed by atoms with Crippen molar-refractivity contribution in [2.75, 3.05) is 14.2 Å². The van der Waals surface area contributed by atoms with Crippen molar-refractivity contribution in [1.29, 1.82) is 0 Å². The number of methoxy groups -OCH3 is 2. The van der Waals surface area contributed by atoms with Crippen LogP contribution in [0.15, 0.2) is 41.3 Å². The quantitative estimate of drug-likeness (QED) is 0.713. The molecule has 1 saturated carbocycles. The molecule has 4 rings (SSSR count). The largest absolute Gasteiger partial charge is 0.497 e. The molecule has 0 radical (unpaired) electrons. The molecule has 1 aromatic carbocycles. The highest BCUT2D eigenvalue weighted by molar-refractivity contribution is 5.48. The van der Waals surface area contributed by atoms with E-state index in [2.05, 4.69) is 20.1 Å². The molecule has 2 heterocycles. The molecule has 7 heteroatoms. The van der Waals surface area contributed by atoms with Crippen LogP contribution in [0.1, 0.15) is 29.7 Å². The monoisotopic (exact) mass is 324 g/mol. The maximum atomic E-state index is 5.46. The van der Waals surface area contributed by atoms with Crippen LogP contribution in [0.25, 0.3) is 11.5 Å². The van der Waals surface area contributed by atoms with E-state index in [4.69, 9.17) is 14.0 Å². The van der Waals surface area contributed by atoms with Gasteiger partial charge in [0.15, 0.2) is 0 Å². The zero-order valence-corrected chi connectivity index (χ0v) is 13.3. The van der Waals surface area contributed by atoms with Crippen molar-refractivity contribution >= 4 is 0 Å². The average molecular weight is 324 g/mol. The Hall–Kier alpha value is -2.96. The molecule has 1 aliphatic rings. The van der Waals surface area contributed by atoms with Crippen LogP contribution in [0.5, 0.6) is 11.5 Å². The van der Waals surface area contributed by atoms with Crippen molar-refractivity contribution in [2.45, 2.75) is 18.3 Å². The van der Waals surface area contributed by atoms with Crippen molar-refractivity contribution in [3.63, 3.8) is 0 Å². The minimum Gasteiger partial charge on any atom is -0.497 e. The molecule has 0 aliphatic heterocycles. The van der Waals surface area contributed by atoms with Gasteiger partial charge in [-0.2, -0.15) is 4.98 Å². The van der Waals surface area contributed by atoms with E-state index in [9.17, 15) is 0 Å². The van der Waals surface area contributed by atoms with Gasteiger partial charge in [-0.3, -0.25) is 4.98 Å². The van der Waals surface area contributed by atoms with Crippen LogP contribution in [-0.2, 0) is 0 Å². The third-order valence-corrected chi connectivity index (χ3v) is 4.18. The summed E-state index contributed by atoms with van der Waals surface area (Å²) in [5.41, 5.74) is 1.70. The molecule has 2 aromatic heterocycles. The Balaban J connectivity index is 1.58. The number of rotatable bonds is 5. The third-order valence-electron chi connectivity index (χ3n) is 4.18. The van der Waals surface area contributed by atoms with Crippen LogP contribution in [0.3, 0.4) is 0 Å². The van der Waals surface area contributed by atoms with Crippen molar-refractivity contribution < 1.29 is 14.0 Å². The van der Waals surface area contributed by atoms with Crippen molar-refractivity contribution in [3.05, 3.63) is 48.2 Å². The summed E-state index contributed by atoms with van der Waals surface area (Å²) in [6.45, 7) is 0. The molecular weight excluding hydrogens is 308 g/mol. The van der Waals surface area contributed by atoms with Gasteiger partial charge < -0.3 is 14.0 Å².